The summed E-state index contributed by atoms with van der Waals surface area (Å²) in [5.41, 5.74) is 1.40. The Kier molecular flexibility index (Phi) is 7.12. The molecule has 1 aliphatic rings. The summed E-state index contributed by atoms with van der Waals surface area (Å²) in [6, 6.07) is 14.3. The number of hydrogen-bond acceptors (Lipinski definition) is 4. The van der Waals surface area contributed by atoms with Gasteiger partial charge in [-0.25, -0.2) is 0 Å². The quantitative estimate of drug-likeness (QED) is 0.528. The number of nitrogens with zero attached hydrogens (tertiary/aromatic N) is 2. The average Bonchev–Trinajstić information content (AvgIpc) is 3.08. The molecule has 0 spiro atoms. The molecule has 0 saturated carbocycles. The van der Waals surface area contributed by atoms with Crippen molar-refractivity contribution in [3.63, 3.8) is 0 Å². The van der Waals surface area contributed by atoms with E-state index in [1.807, 2.05) is 26.2 Å². The van der Waals surface area contributed by atoms with Crippen molar-refractivity contribution in [1.82, 2.24) is 4.90 Å². The van der Waals surface area contributed by atoms with Crippen molar-refractivity contribution in [2.45, 2.75) is 12.8 Å². The van der Waals surface area contributed by atoms with Crippen molar-refractivity contribution in [3.05, 3.63) is 53.6 Å². The third-order valence-corrected chi connectivity index (χ3v) is 5.05. The number of hydrogen-bond donors (Lipinski definition) is 1. The lowest BCUT2D eigenvalue weighted by Crippen LogP contribution is -2.33. The zero-order chi connectivity index (χ0) is 20.8. The summed E-state index contributed by atoms with van der Waals surface area (Å²) in [6.45, 7) is 2.12. The van der Waals surface area contributed by atoms with Gasteiger partial charge in [0.1, 0.15) is 11.7 Å². The number of carbonyl (C=O) groups excluding carboxylic acids is 2. The highest BCUT2D eigenvalue weighted by Gasteiger charge is 2.37. The van der Waals surface area contributed by atoms with E-state index < -0.39 is 5.92 Å². The van der Waals surface area contributed by atoms with Gasteiger partial charge >= 0.3 is 0 Å². The highest BCUT2D eigenvalue weighted by Crippen LogP contribution is 2.27. The van der Waals surface area contributed by atoms with E-state index in [1.165, 1.54) is 0 Å². The standard InChI is InChI=1S/C22H26ClN3O3/c1-25(2)13-3-15-29-19-10-6-17(7-11-19)24-21(27)20-12-14-26(22(20)28)18-8-4-16(23)5-9-18/h4-11,20H,3,12-15H2,1-2H3,(H,24,27). The molecule has 1 atom stereocenters. The largest absolute Gasteiger partial charge is 0.494 e. The van der Waals surface area contributed by atoms with Gasteiger partial charge in [0.05, 0.1) is 6.61 Å². The SMILES string of the molecule is CN(C)CCCOc1ccc(NC(=O)C2CCN(c3ccc(Cl)cc3)C2=O)cc1. The van der Waals surface area contributed by atoms with Gasteiger partial charge < -0.3 is 19.9 Å². The molecule has 0 aliphatic carbocycles. The topological polar surface area (TPSA) is 61.9 Å². The van der Waals surface area contributed by atoms with Crippen molar-refractivity contribution in [1.29, 1.82) is 0 Å². The van der Waals surface area contributed by atoms with E-state index in [9.17, 15) is 9.59 Å². The van der Waals surface area contributed by atoms with Crippen LogP contribution in [0.5, 0.6) is 5.75 Å². The predicted molar refractivity (Wildman–Crippen MR) is 116 cm³/mol. The summed E-state index contributed by atoms with van der Waals surface area (Å²) >= 11 is 5.90. The Hall–Kier alpha value is -2.57. The number of amides is 2. The minimum absolute atomic E-state index is 0.189. The average molecular weight is 416 g/mol. The Morgan fingerprint density at radius 2 is 1.86 bits per heavy atom. The highest BCUT2D eigenvalue weighted by atomic mass is 35.5. The first-order valence-electron chi connectivity index (χ1n) is 9.69. The molecule has 0 bridgehead atoms. The third-order valence-electron chi connectivity index (χ3n) is 4.80. The zero-order valence-electron chi connectivity index (χ0n) is 16.7. The monoisotopic (exact) mass is 415 g/mol. The van der Waals surface area contributed by atoms with E-state index >= 15 is 0 Å². The van der Waals surface area contributed by atoms with Gasteiger partial charge in [-0.3, -0.25) is 9.59 Å². The first-order valence-corrected chi connectivity index (χ1v) is 10.1. The van der Waals surface area contributed by atoms with Gasteiger partial charge in [-0.15, -0.1) is 0 Å². The maximum atomic E-state index is 12.7. The number of nitrogens with one attached hydrogen (secondary N) is 1. The van der Waals surface area contributed by atoms with Crippen LogP contribution in [-0.2, 0) is 9.59 Å². The minimum Gasteiger partial charge on any atom is -0.494 e. The van der Waals surface area contributed by atoms with Crippen LogP contribution in [0.1, 0.15) is 12.8 Å². The number of rotatable bonds is 8. The number of carbonyl (C=O) groups is 2. The summed E-state index contributed by atoms with van der Waals surface area (Å²) in [7, 11) is 4.06. The smallest absolute Gasteiger partial charge is 0.239 e. The lowest BCUT2D eigenvalue weighted by molar-refractivity contribution is -0.129. The van der Waals surface area contributed by atoms with E-state index in [2.05, 4.69) is 10.2 Å². The van der Waals surface area contributed by atoms with Crippen molar-refractivity contribution >= 4 is 34.8 Å². The van der Waals surface area contributed by atoms with Crippen LogP contribution in [0.15, 0.2) is 48.5 Å². The summed E-state index contributed by atoms with van der Waals surface area (Å²) in [6.07, 6.45) is 1.43. The molecule has 3 rings (SSSR count). The van der Waals surface area contributed by atoms with Crippen LogP contribution in [-0.4, -0.2) is 50.5 Å². The van der Waals surface area contributed by atoms with Gasteiger partial charge in [0.25, 0.3) is 0 Å². The molecule has 29 heavy (non-hydrogen) atoms. The van der Waals surface area contributed by atoms with E-state index in [1.54, 1.807) is 41.3 Å². The molecule has 154 valence electrons. The molecular weight excluding hydrogens is 390 g/mol. The Balaban J connectivity index is 1.52. The molecule has 7 heteroatoms. The van der Waals surface area contributed by atoms with Crippen LogP contribution in [0.4, 0.5) is 11.4 Å². The van der Waals surface area contributed by atoms with E-state index in [-0.39, 0.29) is 11.8 Å². The Labute approximate surface area is 176 Å². The molecule has 6 nitrogen and oxygen atoms in total. The number of halogens is 1. The lowest BCUT2D eigenvalue weighted by atomic mass is 10.1. The van der Waals surface area contributed by atoms with Crippen molar-refractivity contribution in [3.8, 4) is 5.75 Å². The Bertz CT molecular complexity index is 837. The van der Waals surface area contributed by atoms with E-state index in [4.69, 9.17) is 16.3 Å². The summed E-state index contributed by atoms with van der Waals surface area (Å²) in [5.74, 6) is -0.406. The fourth-order valence-corrected chi connectivity index (χ4v) is 3.36. The van der Waals surface area contributed by atoms with Gasteiger partial charge in [-0.05, 0) is 75.5 Å². The lowest BCUT2D eigenvalue weighted by Gasteiger charge is -2.17. The molecule has 0 aromatic heterocycles. The van der Waals surface area contributed by atoms with Gasteiger partial charge in [0.15, 0.2) is 0 Å². The maximum Gasteiger partial charge on any atom is 0.239 e. The minimum atomic E-state index is -0.687. The van der Waals surface area contributed by atoms with Crippen LogP contribution in [0.3, 0.4) is 0 Å². The summed E-state index contributed by atoms with van der Waals surface area (Å²) in [4.78, 5) is 29.0. The van der Waals surface area contributed by atoms with Crippen LogP contribution < -0.4 is 15.0 Å². The van der Waals surface area contributed by atoms with Gasteiger partial charge in [0.2, 0.25) is 11.8 Å². The number of anilines is 2. The van der Waals surface area contributed by atoms with Crippen LogP contribution in [0.2, 0.25) is 5.02 Å². The predicted octanol–water partition coefficient (Wildman–Crippen LogP) is 3.66. The number of benzene rings is 2. The first kappa shape index (κ1) is 21.1. The molecule has 2 aromatic rings. The molecule has 1 N–H and O–H groups in total. The third kappa shape index (κ3) is 5.71. The molecule has 2 aromatic carbocycles. The van der Waals surface area contributed by atoms with Crippen molar-refractivity contribution in [2.24, 2.45) is 5.92 Å². The number of ether oxygens (including phenoxy) is 1. The first-order chi connectivity index (χ1) is 13.9. The Morgan fingerprint density at radius 1 is 1.17 bits per heavy atom. The fraction of sp³-hybridized carbons (Fsp3) is 0.364. The molecular formula is C22H26ClN3O3. The molecule has 1 fully saturated rings. The van der Waals surface area contributed by atoms with Crippen LogP contribution in [0.25, 0.3) is 0 Å². The Morgan fingerprint density at radius 3 is 2.52 bits per heavy atom. The molecule has 2 amide bonds. The van der Waals surface area contributed by atoms with Gasteiger partial charge in [-0.2, -0.15) is 0 Å². The normalized spacial score (nSPS) is 16.3. The second kappa shape index (κ2) is 9.76. The summed E-state index contributed by atoms with van der Waals surface area (Å²) in [5, 5.41) is 3.45. The molecule has 1 heterocycles. The molecule has 0 radical (unpaired) electrons. The van der Waals surface area contributed by atoms with E-state index in [0.717, 1.165) is 24.4 Å². The maximum absolute atomic E-state index is 12.7. The van der Waals surface area contributed by atoms with Crippen molar-refractivity contribution in [2.75, 3.05) is 44.0 Å². The van der Waals surface area contributed by atoms with Gasteiger partial charge in [0, 0.05) is 29.5 Å². The second-order valence-corrected chi connectivity index (χ2v) is 7.76. The zero-order valence-corrected chi connectivity index (χ0v) is 17.5. The highest BCUT2D eigenvalue weighted by molar-refractivity contribution is 6.30. The van der Waals surface area contributed by atoms with Crippen molar-refractivity contribution < 1.29 is 14.3 Å². The second-order valence-electron chi connectivity index (χ2n) is 7.33. The van der Waals surface area contributed by atoms with Crippen LogP contribution >= 0.6 is 11.6 Å². The summed E-state index contributed by atoms with van der Waals surface area (Å²) < 4.78 is 5.70. The van der Waals surface area contributed by atoms with Gasteiger partial charge in [-0.1, -0.05) is 11.6 Å². The fourth-order valence-electron chi connectivity index (χ4n) is 3.24. The molecule has 1 unspecified atom stereocenters. The van der Waals surface area contributed by atoms with E-state index in [0.29, 0.717) is 30.3 Å². The van der Waals surface area contributed by atoms with Crippen LogP contribution in [0, 0.1) is 5.92 Å². The molecule has 1 saturated heterocycles. The molecule has 1 aliphatic heterocycles.